The van der Waals surface area contributed by atoms with Gasteiger partial charge in [-0.25, -0.2) is 0 Å². The summed E-state index contributed by atoms with van der Waals surface area (Å²) in [7, 11) is 0. The predicted molar refractivity (Wildman–Crippen MR) is 79.5 cm³/mol. The molecule has 3 rings (SSSR count). The number of hydrogen-bond donors (Lipinski definition) is 0. The van der Waals surface area contributed by atoms with Gasteiger partial charge in [0.2, 0.25) is 0 Å². The van der Waals surface area contributed by atoms with Crippen LogP contribution in [0, 0.1) is 0 Å². The highest BCUT2D eigenvalue weighted by molar-refractivity contribution is 9.10. The lowest BCUT2D eigenvalue weighted by atomic mass is 10.2. The molecule has 2 aromatic carbocycles. The van der Waals surface area contributed by atoms with E-state index >= 15 is 0 Å². The SMILES string of the molecule is Clc1ccc(-c2nncn2-c2ccccc2)c(Br)c1. The molecule has 0 fully saturated rings. The zero-order valence-electron chi connectivity index (χ0n) is 9.79. The van der Waals surface area contributed by atoms with Crippen LogP contribution in [0.2, 0.25) is 5.02 Å². The van der Waals surface area contributed by atoms with Crippen LogP contribution >= 0.6 is 27.5 Å². The summed E-state index contributed by atoms with van der Waals surface area (Å²) in [6, 6.07) is 15.6. The number of para-hydroxylation sites is 1. The van der Waals surface area contributed by atoms with E-state index in [4.69, 9.17) is 11.6 Å². The second kappa shape index (κ2) is 5.15. The van der Waals surface area contributed by atoms with Gasteiger partial charge in [-0.2, -0.15) is 0 Å². The third-order valence-corrected chi connectivity index (χ3v) is 3.65. The molecule has 0 spiro atoms. The molecule has 3 nitrogen and oxygen atoms in total. The minimum absolute atomic E-state index is 0.682. The maximum atomic E-state index is 5.96. The smallest absolute Gasteiger partial charge is 0.169 e. The van der Waals surface area contributed by atoms with Gasteiger partial charge in [0, 0.05) is 20.7 Å². The van der Waals surface area contributed by atoms with Gasteiger partial charge in [-0.15, -0.1) is 10.2 Å². The Balaban J connectivity index is 2.15. The first-order chi connectivity index (χ1) is 9.25. The average molecular weight is 335 g/mol. The van der Waals surface area contributed by atoms with E-state index < -0.39 is 0 Å². The Kier molecular flexibility index (Phi) is 3.36. The van der Waals surface area contributed by atoms with E-state index in [1.807, 2.05) is 53.1 Å². The van der Waals surface area contributed by atoms with Crippen LogP contribution < -0.4 is 0 Å². The molecule has 0 amide bonds. The number of hydrogen-bond acceptors (Lipinski definition) is 2. The Bertz CT molecular complexity index is 710. The summed E-state index contributed by atoms with van der Waals surface area (Å²) in [6.07, 6.45) is 1.70. The van der Waals surface area contributed by atoms with Gasteiger partial charge < -0.3 is 0 Å². The molecule has 3 aromatic rings. The van der Waals surface area contributed by atoms with E-state index in [9.17, 15) is 0 Å². The third-order valence-electron chi connectivity index (χ3n) is 2.75. The third kappa shape index (κ3) is 2.41. The minimum atomic E-state index is 0.682. The van der Waals surface area contributed by atoms with Crippen LogP contribution in [0.25, 0.3) is 17.1 Å². The highest BCUT2D eigenvalue weighted by Gasteiger charge is 2.12. The second-order valence-corrected chi connectivity index (χ2v) is 5.28. The van der Waals surface area contributed by atoms with Crippen molar-refractivity contribution in [1.82, 2.24) is 14.8 Å². The highest BCUT2D eigenvalue weighted by Crippen LogP contribution is 2.30. The summed E-state index contributed by atoms with van der Waals surface area (Å²) in [6.45, 7) is 0. The van der Waals surface area contributed by atoms with E-state index in [0.29, 0.717) is 5.02 Å². The van der Waals surface area contributed by atoms with Crippen LogP contribution in [0.3, 0.4) is 0 Å². The van der Waals surface area contributed by atoms with Gasteiger partial charge in [-0.05, 0) is 46.3 Å². The molecular formula is C14H9BrClN3. The summed E-state index contributed by atoms with van der Waals surface area (Å²) in [5, 5.41) is 8.87. The summed E-state index contributed by atoms with van der Waals surface area (Å²) in [5.41, 5.74) is 1.97. The summed E-state index contributed by atoms with van der Waals surface area (Å²) < 4.78 is 2.83. The quantitative estimate of drug-likeness (QED) is 0.697. The van der Waals surface area contributed by atoms with Crippen LogP contribution in [0.1, 0.15) is 0 Å². The van der Waals surface area contributed by atoms with Gasteiger partial charge in [0.25, 0.3) is 0 Å². The fourth-order valence-corrected chi connectivity index (χ4v) is 2.73. The first-order valence-corrected chi connectivity index (χ1v) is 6.83. The molecule has 0 saturated carbocycles. The molecule has 0 atom stereocenters. The molecule has 0 aliphatic carbocycles. The Morgan fingerprint density at radius 3 is 2.58 bits per heavy atom. The summed E-state index contributed by atoms with van der Waals surface area (Å²) in [5.74, 6) is 0.773. The van der Waals surface area contributed by atoms with E-state index in [-0.39, 0.29) is 0 Å². The Labute approximate surface area is 124 Å². The zero-order valence-corrected chi connectivity index (χ0v) is 12.1. The molecule has 0 unspecified atom stereocenters. The lowest BCUT2D eigenvalue weighted by Crippen LogP contribution is -1.96. The van der Waals surface area contributed by atoms with Crippen molar-refractivity contribution in [2.24, 2.45) is 0 Å². The molecule has 0 aliphatic rings. The minimum Gasteiger partial charge on any atom is -0.282 e. The lowest BCUT2D eigenvalue weighted by Gasteiger charge is -2.08. The molecule has 0 aliphatic heterocycles. The van der Waals surface area contributed by atoms with Crippen LogP contribution in [0.15, 0.2) is 59.3 Å². The van der Waals surface area contributed by atoms with Gasteiger partial charge in [0.1, 0.15) is 6.33 Å². The number of rotatable bonds is 2. The fraction of sp³-hybridized carbons (Fsp3) is 0. The lowest BCUT2D eigenvalue weighted by molar-refractivity contribution is 1.06. The van der Waals surface area contributed by atoms with E-state index in [2.05, 4.69) is 26.1 Å². The molecule has 94 valence electrons. The number of nitrogens with zero attached hydrogens (tertiary/aromatic N) is 3. The summed E-state index contributed by atoms with van der Waals surface area (Å²) >= 11 is 9.47. The molecule has 0 N–H and O–H groups in total. The number of benzene rings is 2. The molecule has 5 heteroatoms. The Hall–Kier alpha value is -1.65. The van der Waals surface area contributed by atoms with Crippen molar-refractivity contribution in [3.8, 4) is 17.1 Å². The molecule has 1 heterocycles. The summed E-state index contributed by atoms with van der Waals surface area (Å²) in [4.78, 5) is 0. The normalized spacial score (nSPS) is 10.6. The van der Waals surface area contributed by atoms with Crippen LogP contribution in [-0.4, -0.2) is 14.8 Å². The molecule has 0 radical (unpaired) electrons. The molecular weight excluding hydrogens is 326 g/mol. The van der Waals surface area contributed by atoms with Gasteiger partial charge in [-0.3, -0.25) is 4.57 Å². The maximum Gasteiger partial charge on any atom is 0.169 e. The Morgan fingerprint density at radius 2 is 1.84 bits per heavy atom. The molecule has 0 saturated heterocycles. The van der Waals surface area contributed by atoms with Gasteiger partial charge in [0.05, 0.1) is 0 Å². The first-order valence-electron chi connectivity index (χ1n) is 5.66. The van der Waals surface area contributed by atoms with Crippen molar-refractivity contribution in [2.45, 2.75) is 0 Å². The molecule has 0 bridgehead atoms. The van der Waals surface area contributed by atoms with Crippen molar-refractivity contribution in [3.05, 3.63) is 64.4 Å². The van der Waals surface area contributed by atoms with Crippen molar-refractivity contribution in [3.63, 3.8) is 0 Å². The highest BCUT2D eigenvalue weighted by atomic mass is 79.9. The second-order valence-electron chi connectivity index (χ2n) is 3.98. The van der Waals surface area contributed by atoms with Gasteiger partial charge >= 0.3 is 0 Å². The van der Waals surface area contributed by atoms with E-state index in [1.54, 1.807) is 6.33 Å². The molecule has 19 heavy (non-hydrogen) atoms. The van der Waals surface area contributed by atoms with Crippen LogP contribution in [0.4, 0.5) is 0 Å². The van der Waals surface area contributed by atoms with Crippen LogP contribution in [0.5, 0.6) is 0 Å². The van der Waals surface area contributed by atoms with Gasteiger partial charge in [0.15, 0.2) is 5.82 Å². The fourth-order valence-electron chi connectivity index (χ4n) is 1.87. The predicted octanol–water partition coefficient (Wildman–Crippen LogP) is 4.35. The van der Waals surface area contributed by atoms with Crippen LogP contribution in [-0.2, 0) is 0 Å². The Morgan fingerprint density at radius 1 is 1.05 bits per heavy atom. The van der Waals surface area contributed by atoms with Crippen molar-refractivity contribution >= 4 is 27.5 Å². The average Bonchev–Trinajstić information content (AvgIpc) is 2.89. The topological polar surface area (TPSA) is 30.7 Å². The molecule has 1 aromatic heterocycles. The van der Waals surface area contributed by atoms with Gasteiger partial charge in [-0.1, -0.05) is 29.8 Å². The maximum absolute atomic E-state index is 5.96. The van der Waals surface area contributed by atoms with Crippen molar-refractivity contribution < 1.29 is 0 Å². The van der Waals surface area contributed by atoms with Crippen molar-refractivity contribution in [1.29, 1.82) is 0 Å². The number of halogens is 2. The first kappa shape index (κ1) is 12.4. The standard InChI is InChI=1S/C14H9BrClN3/c15-13-8-10(16)6-7-12(13)14-18-17-9-19(14)11-4-2-1-3-5-11/h1-9H. The van der Waals surface area contributed by atoms with E-state index in [1.165, 1.54) is 0 Å². The zero-order chi connectivity index (χ0) is 13.2. The monoisotopic (exact) mass is 333 g/mol. The largest absolute Gasteiger partial charge is 0.282 e. The van der Waals surface area contributed by atoms with E-state index in [0.717, 1.165) is 21.5 Å². The number of aromatic nitrogens is 3. The van der Waals surface area contributed by atoms with Crippen molar-refractivity contribution in [2.75, 3.05) is 0 Å².